The van der Waals surface area contributed by atoms with Crippen LogP contribution in [0, 0.1) is 11.8 Å². The molecule has 0 bridgehead atoms. The Bertz CT molecular complexity index is 499. The van der Waals surface area contributed by atoms with Crippen LogP contribution < -0.4 is 10.2 Å². The van der Waals surface area contributed by atoms with Crippen LogP contribution in [0.25, 0.3) is 0 Å². The van der Waals surface area contributed by atoms with Gasteiger partial charge < -0.3 is 10.2 Å². The van der Waals surface area contributed by atoms with E-state index in [-0.39, 0.29) is 5.54 Å². The maximum atomic E-state index is 4.98. The standard InChI is InChI=1S/C17H29N3S/c1-11-8-13(11)10-20(5)16-19-15(12-6-7-12)14(21-16)9-18-17(2,3)4/h11-13,18H,6-10H2,1-5H3. The second kappa shape index (κ2) is 5.54. The third-order valence-corrected chi connectivity index (χ3v) is 5.76. The van der Waals surface area contributed by atoms with Gasteiger partial charge in [0.15, 0.2) is 5.13 Å². The van der Waals surface area contributed by atoms with Crippen LogP contribution in [0.1, 0.15) is 63.4 Å². The van der Waals surface area contributed by atoms with E-state index >= 15 is 0 Å². The van der Waals surface area contributed by atoms with E-state index in [9.17, 15) is 0 Å². The number of rotatable bonds is 6. The fraction of sp³-hybridized carbons (Fsp3) is 0.824. The summed E-state index contributed by atoms with van der Waals surface area (Å²) in [6.07, 6.45) is 4.05. The molecule has 2 saturated carbocycles. The first kappa shape index (κ1) is 15.3. The lowest BCUT2D eigenvalue weighted by molar-refractivity contribution is 0.425. The van der Waals surface area contributed by atoms with Crippen LogP contribution in [-0.2, 0) is 6.54 Å². The Hall–Kier alpha value is -0.610. The monoisotopic (exact) mass is 307 g/mol. The summed E-state index contributed by atoms with van der Waals surface area (Å²) < 4.78 is 0. The molecule has 0 aliphatic heterocycles. The zero-order valence-corrected chi connectivity index (χ0v) is 14.9. The van der Waals surface area contributed by atoms with E-state index in [0.29, 0.717) is 0 Å². The Kier molecular flexibility index (Phi) is 4.04. The van der Waals surface area contributed by atoms with Crippen molar-refractivity contribution in [2.45, 2.75) is 65.0 Å². The van der Waals surface area contributed by atoms with Crippen LogP contribution in [0.2, 0.25) is 0 Å². The van der Waals surface area contributed by atoms with Crippen molar-refractivity contribution in [1.82, 2.24) is 10.3 Å². The molecule has 0 amide bonds. The third-order valence-electron chi connectivity index (χ3n) is 4.57. The maximum Gasteiger partial charge on any atom is 0.185 e. The molecular formula is C17H29N3S. The summed E-state index contributed by atoms with van der Waals surface area (Å²) in [5.74, 6) is 2.54. The molecule has 118 valence electrons. The number of hydrogen-bond donors (Lipinski definition) is 1. The van der Waals surface area contributed by atoms with E-state index in [1.807, 2.05) is 11.3 Å². The molecule has 0 saturated heterocycles. The predicted molar refractivity (Wildman–Crippen MR) is 91.2 cm³/mol. The minimum Gasteiger partial charge on any atom is -0.351 e. The van der Waals surface area contributed by atoms with Crippen molar-refractivity contribution in [1.29, 1.82) is 0 Å². The molecule has 0 radical (unpaired) electrons. The van der Waals surface area contributed by atoms with E-state index in [1.165, 1.54) is 41.5 Å². The number of nitrogens with zero attached hydrogens (tertiary/aromatic N) is 2. The molecule has 0 aromatic carbocycles. The minimum absolute atomic E-state index is 0.167. The van der Waals surface area contributed by atoms with Gasteiger partial charge in [-0.05, 0) is 51.9 Å². The number of hydrogen-bond acceptors (Lipinski definition) is 4. The summed E-state index contributed by atoms with van der Waals surface area (Å²) in [4.78, 5) is 8.82. The van der Waals surface area contributed by atoms with Gasteiger partial charge in [-0.2, -0.15) is 0 Å². The molecule has 21 heavy (non-hydrogen) atoms. The van der Waals surface area contributed by atoms with Crippen molar-refractivity contribution in [2.24, 2.45) is 11.8 Å². The number of anilines is 1. The smallest absolute Gasteiger partial charge is 0.185 e. The molecule has 2 unspecified atom stereocenters. The second-order valence-corrected chi connectivity index (χ2v) is 9.10. The molecule has 2 aliphatic carbocycles. The third kappa shape index (κ3) is 3.98. The van der Waals surface area contributed by atoms with E-state index in [2.05, 4.69) is 45.0 Å². The SMILES string of the molecule is CC1CC1CN(C)c1nc(C2CC2)c(CNC(C)(C)C)s1. The molecule has 0 spiro atoms. The summed E-state index contributed by atoms with van der Waals surface area (Å²) in [5.41, 5.74) is 1.54. The van der Waals surface area contributed by atoms with Crippen LogP contribution in [0.4, 0.5) is 5.13 Å². The Morgan fingerprint density at radius 2 is 2.00 bits per heavy atom. The van der Waals surface area contributed by atoms with E-state index in [4.69, 9.17) is 4.98 Å². The highest BCUT2D eigenvalue weighted by atomic mass is 32.1. The highest BCUT2D eigenvalue weighted by Crippen LogP contribution is 2.45. The second-order valence-electron chi connectivity index (χ2n) is 8.04. The van der Waals surface area contributed by atoms with Gasteiger partial charge in [0, 0.05) is 36.5 Å². The van der Waals surface area contributed by atoms with Gasteiger partial charge in [-0.1, -0.05) is 6.92 Å². The van der Waals surface area contributed by atoms with Gasteiger partial charge in [-0.25, -0.2) is 4.98 Å². The zero-order chi connectivity index (χ0) is 15.2. The van der Waals surface area contributed by atoms with Crippen LogP contribution in [0.5, 0.6) is 0 Å². The summed E-state index contributed by atoms with van der Waals surface area (Å²) in [5, 5.41) is 4.85. The van der Waals surface area contributed by atoms with Crippen molar-refractivity contribution < 1.29 is 0 Å². The number of thiazole rings is 1. The van der Waals surface area contributed by atoms with Gasteiger partial charge in [0.25, 0.3) is 0 Å². The number of aromatic nitrogens is 1. The summed E-state index contributed by atoms with van der Waals surface area (Å²) >= 11 is 1.90. The molecule has 1 aromatic heterocycles. The Morgan fingerprint density at radius 1 is 1.33 bits per heavy atom. The summed E-state index contributed by atoms with van der Waals surface area (Å²) in [6, 6.07) is 0. The molecule has 1 aromatic rings. The molecule has 2 atom stereocenters. The van der Waals surface area contributed by atoms with Crippen molar-refractivity contribution in [3.63, 3.8) is 0 Å². The van der Waals surface area contributed by atoms with Crippen LogP contribution in [-0.4, -0.2) is 24.1 Å². The Labute approximate surface area is 133 Å². The molecule has 2 aliphatic rings. The Balaban J connectivity index is 1.69. The van der Waals surface area contributed by atoms with Crippen LogP contribution in [0.15, 0.2) is 0 Å². The van der Waals surface area contributed by atoms with Crippen molar-refractivity contribution in [2.75, 3.05) is 18.5 Å². The van der Waals surface area contributed by atoms with Crippen molar-refractivity contribution >= 4 is 16.5 Å². The van der Waals surface area contributed by atoms with E-state index in [0.717, 1.165) is 24.3 Å². The Morgan fingerprint density at radius 3 is 2.52 bits per heavy atom. The highest BCUT2D eigenvalue weighted by molar-refractivity contribution is 7.15. The molecule has 4 heteroatoms. The fourth-order valence-electron chi connectivity index (χ4n) is 2.75. The lowest BCUT2D eigenvalue weighted by atomic mass is 10.1. The largest absolute Gasteiger partial charge is 0.351 e. The quantitative estimate of drug-likeness (QED) is 0.861. The molecule has 1 N–H and O–H groups in total. The summed E-state index contributed by atoms with van der Waals surface area (Å²) in [6.45, 7) is 11.2. The zero-order valence-electron chi connectivity index (χ0n) is 14.1. The van der Waals surface area contributed by atoms with Crippen LogP contribution in [0.3, 0.4) is 0 Å². The highest BCUT2D eigenvalue weighted by Gasteiger charge is 2.35. The van der Waals surface area contributed by atoms with Gasteiger partial charge in [0.05, 0.1) is 5.69 Å². The average molecular weight is 308 g/mol. The van der Waals surface area contributed by atoms with Crippen molar-refractivity contribution in [3.8, 4) is 0 Å². The normalized spacial score (nSPS) is 25.2. The van der Waals surface area contributed by atoms with Crippen molar-refractivity contribution in [3.05, 3.63) is 10.6 Å². The first-order valence-electron chi connectivity index (χ1n) is 8.29. The first-order chi connectivity index (χ1) is 9.83. The molecule has 1 heterocycles. The molecular weight excluding hydrogens is 278 g/mol. The fourth-order valence-corrected chi connectivity index (χ4v) is 3.80. The minimum atomic E-state index is 0.167. The summed E-state index contributed by atoms with van der Waals surface area (Å²) in [7, 11) is 2.21. The van der Waals surface area contributed by atoms with Crippen LogP contribution >= 0.6 is 11.3 Å². The topological polar surface area (TPSA) is 28.2 Å². The van der Waals surface area contributed by atoms with Gasteiger partial charge in [0.2, 0.25) is 0 Å². The molecule has 3 nitrogen and oxygen atoms in total. The lowest BCUT2D eigenvalue weighted by Gasteiger charge is -2.20. The van der Waals surface area contributed by atoms with E-state index in [1.54, 1.807) is 0 Å². The van der Waals surface area contributed by atoms with Gasteiger partial charge >= 0.3 is 0 Å². The van der Waals surface area contributed by atoms with Gasteiger partial charge in [0.1, 0.15) is 0 Å². The average Bonchev–Trinajstić information content (AvgIpc) is 3.29. The van der Waals surface area contributed by atoms with E-state index < -0.39 is 0 Å². The van der Waals surface area contributed by atoms with Gasteiger partial charge in [-0.15, -0.1) is 11.3 Å². The molecule has 2 fully saturated rings. The maximum absolute atomic E-state index is 4.98. The first-order valence-corrected chi connectivity index (χ1v) is 9.11. The molecule has 3 rings (SSSR count). The predicted octanol–water partition coefficient (Wildman–Crippen LogP) is 4.00. The number of nitrogens with one attached hydrogen (secondary N) is 1. The lowest BCUT2D eigenvalue weighted by Crippen LogP contribution is -2.35. The van der Waals surface area contributed by atoms with Gasteiger partial charge in [-0.3, -0.25) is 0 Å².